The van der Waals surface area contributed by atoms with Crippen LogP contribution in [0.5, 0.6) is 0 Å². The predicted molar refractivity (Wildman–Crippen MR) is 80.4 cm³/mol. The summed E-state index contributed by atoms with van der Waals surface area (Å²) in [7, 11) is -3.43. The molecule has 0 amide bonds. The van der Waals surface area contributed by atoms with Crippen molar-refractivity contribution in [3.63, 3.8) is 0 Å². The molecule has 1 unspecified atom stereocenters. The van der Waals surface area contributed by atoms with Gasteiger partial charge < -0.3 is 10.1 Å². The van der Waals surface area contributed by atoms with E-state index in [1.54, 1.807) is 18.2 Å². The van der Waals surface area contributed by atoms with E-state index in [0.717, 1.165) is 25.1 Å². The average molecular weight is 310 g/mol. The fraction of sp³-hybridized carbons (Fsp3) is 0.600. The van der Waals surface area contributed by atoms with Crippen LogP contribution < -0.4 is 10.0 Å². The Hall–Kier alpha value is -0.950. The summed E-state index contributed by atoms with van der Waals surface area (Å²) >= 11 is 0. The standard InChI is InChI=1S/C15H22N2O3S/c18-21(19,17-10-13-6-7-20-11-13)15-3-1-2-12(8-15)9-16-14-4-5-14/h1-3,8,13-14,16-17H,4-7,9-11H2. The lowest BCUT2D eigenvalue weighted by molar-refractivity contribution is 0.186. The minimum Gasteiger partial charge on any atom is -0.381 e. The van der Waals surface area contributed by atoms with E-state index in [-0.39, 0.29) is 0 Å². The van der Waals surface area contributed by atoms with Crippen molar-refractivity contribution in [3.8, 4) is 0 Å². The van der Waals surface area contributed by atoms with Crippen molar-refractivity contribution in [1.82, 2.24) is 10.0 Å². The lowest BCUT2D eigenvalue weighted by Gasteiger charge is -2.11. The number of benzene rings is 1. The molecule has 6 heteroatoms. The largest absolute Gasteiger partial charge is 0.381 e. The molecule has 21 heavy (non-hydrogen) atoms. The molecule has 1 saturated carbocycles. The average Bonchev–Trinajstić information content (AvgIpc) is 3.17. The second-order valence-electron chi connectivity index (χ2n) is 5.88. The Balaban J connectivity index is 1.61. The molecule has 1 saturated heterocycles. The summed E-state index contributed by atoms with van der Waals surface area (Å²) in [6.07, 6.45) is 3.37. The van der Waals surface area contributed by atoms with Gasteiger partial charge in [0.25, 0.3) is 0 Å². The van der Waals surface area contributed by atoms with Gasteiger partial charge >= 0.3 is 0 Å². The van der Waals surface area contributed by atoms with E-state index in [9.17, 15) is 8.42 Å². The maximum atomic E-state index is 12.3. The van der Waals surface area contributed by atoms with Crippen LogP contribution in [0.1, 0.15) is 24.8 Å². The number of sulfonamides is 1. The molecule has 116 valence electrons. The topological polar surface area (TPSA) is 67.4 Å². The molecule has 2 N–H and O–H groups in total. The Kier molecular flexibility index (Phi) is 4.59. The maximum absolute atomic E-state index is 12.3. The molecule has 0 radical (unpaired) electrons. The first-order valence-corrected chi connectivity index (χ1v) is 9.01. The van der Waals surface area contributed by atoms with Crippen LogP contribution in [0.15, 0.2) is 29.2 Å². The zero-order valence-corrected chi connectivity index (χ0v) is 12.9. The number of ether oxygens (including phenoxy) is 1. The van der Waals surface area contributed by atoms with Crippen LogP contribution in [-0.2, 0) is 21.3 Å². The van der Waals surface area contributed by atoms with E-state index in [1.165, 1.54) is 12.8 Å². The first-order chi connectivity index (χ1) is 10.1. The fourth-order valence-corrected chi connectivity index (χ4v) is 3.61. The highest BCUT2D eigenvalue weighted by Crippen LogP contribution is 2.20. The van der Waals surface area contributed by atoms with Crippen LogP contribution >= 0.6 is 0 Å². The molecule has 1 atom stereocenters. The summed E-state index contributed by atoms with van der Waals surface area (Å²) in [5.41, 5.74) is 1.01. The highest BCUT2D eigenvalue weighted by Gasteiger charge is 2.22. The van der Waals surface area contributed by atoms with Gasteiger partial charge in [-0.05, 0) is 42.9 Å². The fourth-order valence-electron chi connectivity index (χ4n) is 2.43. The maximum Gasteiger partial charge on any atom is 0.240 e. The molecule has 5 nitrogen and oxygen atoms in total. The lowest BCUT2D eigenvalue weighted by Crippen LogP contribution is -2.29. The SMILES string of the molecule is O=S(=O)(NCC1CCOC1)c1cccc(CNC2CC2)c1. The van der Waals surface area contributed by atoms with Crippen LogP contribution in [0, 0.1) is 5.92 Å². The van der Waals surface area contributed by atoms with Gasteiger partial charge in [-0.3, -0.25) is 0 Å². The van der Waals surface area contributed by atoms with E-state index in [2.05, 4.69) is 10.0 Å². The summed E-state index contributed by atoms with van der Waals surface area (Å²) in [5.74, 6) is 0.291. The molecule has 2 aliphatic rings. The Bertz CT molecular complexity index is 578. The Labute approximate surface area is 126 Å². The number of rotatable bonds is 7. The molecule has 0 bridgehead atoms. The molecule has 1 aromatic carbocycles. The first kappa shape index (κ1) is 15.0. The third-order valence-electron chi connectivity index (χ3n) is 3.97. The van der Waals surface area contributed by atoms with Crippen LogP contribution in [0.4, 0.5) is 0 Å². The van der Waals surface area contributed by atoms with Gasteiger partial charge in [-0.25, -0.2) is 13.1 Å². The van der Waals surface area contributed by atoms with Gasteiger partial charge in [0.2, 0.25) is 10.0 Å². The number of hydrogen-bond acceptors (Lipinski definition) is 4. The monoisotopic (exact) mass is 310 g/mol. The third-order valence-corrected chi connectivity index (χ3v) is 5.39. The molecule has 1 heterocycles. The third kappa shape index (κ3) is 4.26. The van der Waals surface area contributed by atoms with Crippen molar-refractivity contribution in [3.05, 3.63) is 29.8 Å². The lowest BCUT2D eigenvalue weighted by atomic mass is 10.1. The second kappa shape index (κ2) is 6.44. The van der Waals surface area contributed by atoms with Gasteiger partial charge in [0.15, 0.2) is 0 Å². The summed E-state index contributed by atoms with van der Waals surface area (Å²) in [6.45, 7) is 2.56. The summed E-state index contributed by atoms with van der Waals surface area (Å²) in [4.78, 5) is 0.344. The minimum absolute atomic E-state index is 0.291. The van der Waals surface area contributed by atoms with Crippen LogP contribution in [-0.4, -0.2) is 34.2 Å². The Morgan fingerprint density at radius 1 is 1.24 bits per heavy atom. The van der Waals surface area contributed by atoms with E-state index < -0.39 is 10.0 Å². The van der Waals surface area contributed by atoms with E-state index in [1.807, 2.05) is 6.07 Å². The van der Waals surface area contributed by atoms with Crippen molar-refractivity contribution in [2.75, 3.05) is 19.8 Å². The van der Waals surface area contributed by atoms with Crippen molar-refractivity contribution in [2.45, 2.75) is 36.7 Å². The first-order valence-electron chi connectivity index (χ1n) is 7.53. The van der Waals surface area contributed by atoms with Crippen molar-refractivity contribution >= 4 is 10.0 Å². The molecule has 0 spiro atoms. The molecule has 0 aromatic heterocycles. The highest BCUT2D eigenvalue weighted by molar-refractivity contribution is 7.89. The van der Waals surface area contributed by atoms with Gasteiger partial charge in [-0.2, -0.15) is 0 Å². The van der Waals surface area contributed by atoms with Crippen molar-refractivity contribution in [2.24, 2.45) is 5.92 Å². The smallest absolute Gasteiger partial charge is 0.240 e. The molecular weight excluding hydrogens is 288 g/mol. The van der Waals surface area contributed by atoms with E-state index >= 15 is 0 Å². The van der Waals surface area contributed by atoms with Crippen LogP contribution in [0.2, 0.25) is 0 Å². The van der Waals surface area contributed by atoms with Gasteiger partial charge in [0, 0.05) is 25.7 Å². The van der Waals surface area contributed by atoms with Crippen LogP contribution in [0.3, 0.4) is 0 Å². The number of nitrogens with one attached hydrogen (secondary N) is 2. The normalized spacial score (nSPS) is 22.6. The zero-order chi connectivity index (χ0) is 14.7. The number of hydrogen-bond donors (Lipinski definition) is 2. The molecule has 1 aromatic rings. The van der Waals surface area contributed by atoms with Crippen molar-refractivity contribution in [1.29, 1.82) is 0 Å². The molecule has 1 aliphatic heterocycles. The van der Waals surface area contributed by atoms with Gasteiger partial charge in [-0.1, -0.05) is 12.1 Å². The predicted octanol–water partition coefficient (Wildman–Crippen LogP) is 1.25. The molecular formula is C15H22N2O3S. The summed E-state index contributed by atoms with van der Waals surface area (Å²) in [5, 5.41) is 3.40. The van der Waals surface area contributed by atoms with Crippen LogP contribution in [0.25, 0.3) is 0 Å². The minimum atomic E-state index is -3.43. The Morgan fingerprint density at radius 2 is 2.10 bits per heavy atom. The highest BCUT2D eigenvalue weighted by atomic mass is 32.2. The molecule has 3 rings (SSSR count). The van der Waals surface area contributed by atoms with Gasteiger partial charge in [0.1, 0.15) is 0 Å². The summed E-state index contributed by atoms with van der Waals surface area (Å²) in [6, 6.07) is 7.78. The van der Waals surface area contributed by atoms with Gasteiger partial charge in [0.05, 0.1) is 11.5 Å². The summed E-state index contributed by atoms with van der Waals surface area (Å²) < 4.78 is 32.6. The molecule has 2 fully saturated rings. The quantitative estimate of drug-likeness (QED) is 0.795. The second-order valence-corrected chi connectivity index (χ2v) is 7.65. The van der Waals surface area contributed by atoms with E-state index in [4.69, 9.17) is 4.74 Å². The van der Waals surface area contributed by atoms with Crippen molar-refractivity contribution < 1.29 is 13.2 Å². The molecule has 1 aliphatic carbocycles. The Morgan fingerprint density at radius 3 is 2.81 bits per heavy atom. The zero-order valence-electron chi connectivity index (χ0n) is 12.0. The van der Waals surface area contributed by atoms with Gasteiger partial charge in [-0.15, -0.1) is 0 Å². The van der Waals surface area contributed by atoms with E-state index in [0.29, 0.717) is 30.0 Å².